The van der Waals surface area contributed by atoms with Gasteiger partial charge in [-0.3, -0.25) is 4.79 Å². The molecule has 2 heterocycles. The van der Waals surface area contributed by atoms with Crippen LogP contribution in [0.4, 0.5) is 4.39 Å². The molecule has 0 aliphatic heterocycles. The third-order valence-electron chi connectivity index (χ3n) is 2.93. The van der Waals surface area contributed by atoms with Crippen LogP contribution in [0.3, 0.4) is 0 Å². The molecule has 1 amide bonds. The average molecular weight is 301 g/mol. The number of carbonyl (C=O) groups excluding carboxylic acids is 1. The third kappa shape index (κ3) is 3.20. The first-order valence-corrected chi connectivity index (χ1v) is 6.62. The Morgan fingerprint density at radius 2 is 2.00 bits per heavy atom. The first kappa shape index (κ1) is 14.0. The summed E-state index contributed by atoms with van der Waals surface area (Å²) in [7, 11) is 0. The molecule has 0 aliphatic carbocycles. The highest BCUT2D eigenvalue weighted by Gasteiger charge is 2.11. The van der Waals surface area contributed by atoms with Gasteiger partial charge in [0.25, 0.3) is 5.91 Å². The molecule has 0 radical (unpaired) electrons. The van der Waals surface area contributed by atoms with Gasteiger partial charge in [-0.25, -0.2) is 4.39 Å². The van der Waals surface area contributed by atoms with Gasteiger partial charge in [-0.05, 0) is 36.4 Å². The molecule has 7 heteroatoms. The standard InChI is InChI=1S/C15H12FN3O3/c16-11-5-3-10(4-6-11)15-19-18-13(22-15)7-8-17-14(20)12-2-1-9-21-12/h1-6,9H,7-8H2,(H,17,20). The van der Waals surface area contributed by atoms with Gasteiger partial charge in [0.15, 0.2) is 5.76 Å². The number of carbonyl (C=O) groups is 1. The fourth-order valence-corrected chi connectivity index (χ4v) is 1.84. The fourth-order valence-electron chi connectivity index (χ4n) is 1.84. The number of hydrogen-bond donors (Lipinski definition) is 1. The summed E-state index contributed by atoms with van der Waals surface area (Å²) in [5.41, 5.74) is 0.639. The lowest BCUT2D eigenvalue weighted by atomic mass is 10.2. The van der Waals surface area contributed by atoms with Crippen LogP contribution in [0.1, 0.15) is 16.4 Å². The number of nitrogens with zero attached hydrogens (tertiary/aromatic N) is 2. The second-order valence-corrected chi connectivity index (χ2v) is 4.49. The maximum atomic E-state index is 12.9. The predicted octanol–water partition coefficient (Wildman–Crippen LogP) is 2.44. The van der Waals surface area contributed by atoms with Gasteiger partial charge in [0.1, 0.15) is 5.82 Å². The van der Waals surface area contributed by atoms with Crippen molar-refractivity contribution in [1.82, 2.24) is 15.5 Å². The van der Waals surface area contributed by atoms with Crippen LogP contribution >= 0.6 is 0 Å². The monoisotopic (exact) mass is 301 g/mol. The minimum atomic E-state index is -0.330. The molecule has 2 aromatic heterocycles. The second kappa shape index (κ2) is 6.21. The van der Waals surface area contributed by atoms with Crippen LogP contribution in [-0.4, -0.2) is 22.6 Å². The predicted molar refractivity (Wildman–Crippen MR) is 74.4 cm³/mol. The maximum absolute atomic E-state index is 12.9. The maximum Gasteiger partial charge on any atom is 0.286 e. The number of rotatable bonds is 5. The lowest BCUT2D eigenvalue weighted by Gasteiger charge is -2.00. The topological polar surface area (TPSA) is 81.2 Å². The average Bonchev–Trinajstić information content (AvgIpc) is 3.19. The fraction of sp³-hybridized carbons (Fsp3) is 0.133. The van der Waals surface area contributed by atoms with Crippen LogP contribution in [0.25, 0.3) is 11.5 Å². The Hall–Kier alpha value is -2.96. The van der Waals surface area contributed by atoms with Crippen LogP contribution in [0.15, 0.2) is 51.5 Å². The van der Waals surface area contributed by atoms with Gasteiger partial charge in [-0.2, -0.15) is 0 Å². The molecule has 1 aromatic carbocycles. The molecule has 1 N–H and O–H groups in total. The molecular weight excluding hydrogens is 289 g/mol. The van der Waals surface area contributed by atoms with Gasteiger partial charge in [0, 0.05) is 18.5 Å². The number of halogens is 1. The van der Waals surface area contributed by atoms with E-state index >= 15 is 0 Å². The number of furan rings is 1. The lowest BCUT2D eigenvalue weighted by Crippen LogP contribution is -2.25. The van der Waals surface area contributed by atoms with Crippen LogP contribution in [0.5, 0.6) is 0 Å². The number of benzene rings is 1. The summed E-state index contributed by atoms with van der Waals surface area (Å²) < 4.78 is 23.3. The Labute approximate surface area is 125 Å². The number of aromatic nitrogens is 2. The van der Waals surface area contributed by atoms with Crippen molar-refractivity contribution in [2.75, 3.05) is 6.54 Å². The number of nitrogens with one attached hydrogen (secondary N) is 1. The largest absolute Gasteiger partial charge is 0.459 e. The quantitative estimate of drug-likeness (QED) is 0.782. The van der Waals surface area contributed by atoms with Crippen LogP contribution < -0.4 is 5.32 Å². The van der Waals surface area contributed by atoms with Crippen molar-refractivity contribution < 1.29 is 18.0 Å². The first-order valence-electron chi connectivity index (χ1n) is 6.62. The Bertz CT molecular complexity index is 751. The molecule has 112 valence electrons. The summed E-state index contributed by atoms with van der Waals surface area (Å²) in [5.74, 6) is 0.316. The van der Waals surface area contributed by atoms with E-state index in [9.17, 15) is 9.18 Å². The van der Waals surface area contributed by atoms with Gasteiger partial charge < -0.3 is 14.2 Å². The van der Waals surface area contributed by atoms with Crippen molar-refractivity contribution in [2.45, 2.75) is 6.42 Å². The van der Waals surface area contributed by atoms with Gasteiger partial charge >= 0.3 is 0 Å². The summed E-state index contributed by atoms with van der Waals surface area (Å²) in [5, 5.41) is 10.5. The molecule has 22 heavy (non-hydrogen) atoms. The van der Waals surface area contributed by atoms with E-state index in [-0.39, 0.29) is 17.5 Å². The minimum absolute atomic E-state index is 0.248. The van der Waals surface area contributed by atoms with E-state index in [1.165, 1.54) is 18.4 Å². The van der Waals surface area contributed by atoms with Crippen LogP contribution in [0, 0.1) is 5.82 Å². The summed E-state index contributed by atoms with van der Waals surface area (Å²) >= 11 is 0. The number of amides is 1. The van der Waals surface area contributed by atoms with Crippen molar-refractivity contribution in [2.24, 2.45) is 0 Å². The van der Waals surface area contributed by atoms with Gasteiger partial charge in [0.2, 0.25) is 11.8 Å². The molecule has 0 saturated heterocycles. The molecular formula is C15H12FN3O3. The summed E-state index contributed by atoms with van der Waals surface area (Å²) in [6.45, 7) is 0.338. The Morgan fingerprint density at radius 3 is 2.73 bits per heavy atom. The lowest BCUT2D eigenvalue weighted by molar-refractivity contribution is 0.0926. The highest BCUT2D eigenvalue weighted by Crippen LogP contribution is 2.18. The molecule has 3 aromatic rings. The second-order valence-electron chi connectivity index (χ2n) is 4.49. The van der Waals surface area contributed by atoms with Crippen molar-refractivity contribution in [3.63, 3.8) is 0 Å². The zero-order valence-corrected chi connectivity index (χ0v) is 11.5. The summed E-state index contributed by atoms with van der Waals surface area (Å²) in [6.07, 6.45) is 1.82. The van der Waals surface area contributed by atoms with E-state index in [1.54, 1.807) is 24.3 Å². The van der Waals surface area contributed by atoms with Gasteiger partial charge in [-0.1, -0.05) is 0 Å². The molecule has 0 spiro atoms. The van der Waals surface area contributed by atoms with Crippen molar-refractivity contribution in [1.29, 1.82) is 0 Å². The van der Waals surface area contributed by atoms with Crippen molar-refractivity contribution >= 4 is 5.91 Å². The normalized spacial score (nSPS) is 10.6. The van der Waals surface area contributed by atoms with Gasteiger partial charge in [-0.15, -0.1) is 10.2 Å². The van der Waals surface area contributed by atoms with E-state index in [0.29, 0.717) is 30.3 Å². The van der Waals surface area contributed by atoms with Gasteiger partial charge in [0.05, 0.1) is 6.26 Å². The van der Waals surface area contributed by atoms with Crippen LogP contribution in [0.2, 0.25) is 0 Å². The molecule has 0 saturated carbocycles. The van der Waals surface area contributed by atoms with Crippen LogP contribution in [-0.2, 0) is 6.42 Å². The summed E-state index contributed by atoms with van der Waals surface area (Å²) in [4.78, 5) is 11.6. The molecule has 0 fully saturated rings. The molecule has 0 atom stereocenters. The molecule has 0 unspecified atom stereocenters. The SMILES string of the molecule is O=C(NCCc1nnc(-c2ccc(F)cc2)o1)c1ccco1. The van der Waals surface area contributed by atoms with Crippen molar-refractivity contribution in [3.8, 4) is 11.5 Å². The Morgan fingerprint density at radius 1 is 1.18 bits per heavy atom. The third-order valence-corrected chi connectivity index (χ3v) is 2.93. The van der Waals surface area contributed by atoms with E-state index in [1.807, 2.05) is 0 Å². The molecule has 3 rings (SSSR count). The zero-order valence-electron chi connectivity index (χ0n) is 11.5. The first-order chi connectivity index (χ1) is 10.7. The van der Waals surface area contributed by atoms with E-state index < -0.39 is 0 Å². The zero-order chi connectivity index (χ0) is 15.4. The highest BCUT2D eigenvalue weighted by molar-refractivity contribution is 5.91. The number of hydrogen-bond acceptors (Lipinski definition) is 5. The minimum Gasteiger partial charge on any atom is -0.459 e. The molecule has 6 nitrogen and oxygen atoms in total. The highest BCUT2D eigenvalue weighted by atomic mass is 19.1. The summed E-state index contributed by atoms with van der Waals surface area (Å²) in [6, 6.07) is 8.98. The van der Waals surface area contributed by atoms with E-state index in [0.717, 1.165) is 0 Å². The Kier molecular flexibility index (Phi) is 3.95. The smallest absolute Gasteiger partial charge is 0.286 e. The molecule has 0 bridgehead atoms. The van der Waals surface area contributed by atoms with E-state index in [4.69, 9.17) is 8.83 Å². The molecule has 0 aliphatic rings. The van der Waals surface area contributed by atoms with E-state index in [2.05, 4.69) is 15.5 Å². The Balaban J connectivity index is 1.56. The van der Waals surface area contributed by atoms with Crippen molar-refractivity contribution in [3.05, 3.63) is 60.1 Å².